The molecule has 9 heteroatoms. The molecule has 4 rings (SSSR count). The average Bonchev–Trinajstić information content (AvgIpc) is 3.31. The van der Waals surface area contributed by atoms with Gasteiger partial charge in [0.05, 0.1) is 22.2 Å². The largest absolute Gasteiger partial charge is 0.490 e. The Kier molecular flexibility index (Phi) is 9.43. The van der Waals surface area contributed by atoms with E-state index in [0.29, 0.717) is 30.8 Å². The van der Waals surface area contributed by atoms with Gasteiger partial charge < -0.3 is 14.4 Å². The van der Waals surface area contributed by atoms with Gasteiger partial charge >= 0.3 is 12.1 Å². The fourth-order valence-corrected chi connectivity index (χ4v) is 5.19. The van der Waals surface area contributed by atoms with Gasteiger partial charge in [0, 0.05) is 31.2 Å². The Morgan fingerprint density at radius 2 is 1.75 bits per heavy atom. The molecule has 40 heavy (non-hydrogen) atoms. The zero-order valence-electron chi connectivity index (χ0n) is 22.4. The molecule has 2 atom stereocenters. The second kappa shape index (κ2) is 12.8. The summed E-state index contributed by atoms with van der Waals surface area (Å²) in [7, 11) is 0. The molecule has 5 nitrogen and oxygen atoms in total. The average molecular weight is 573 g/mol. The molecule has 212 valence electrons. The summed E-state index contributed by atoms with van der Waals surface area (Å²) in [5.74, 6) is -0.133. The summed E-state index contributed by atoms with van der Waals surface area (Å²) in [6.45, 7) is 5.36. The van der Waals surface area contributed by atoms with E-state index in [2.05, 4.69) is 11.8 Å². The number of carboxylic acid groups (broad SMARTS) is 1. The Morgan fingerprint density at radius 3 is 2.45 bits per heavy atom. The van der Waals surface area contributed by atoms with Gasteiger partial charge in [0.1, 0.15) is 12.3 Å². The molecule has 0 radical (unpaired) electrons. The zero-order chi connectivity index (χ0) is 28.9. The van der Waals surface area contributed by atoms with Gasteiger partial charge in [-0.1, -0.05) is 67.1 Å². The topological polar surface area (TPSA) is 54.7 Å². The summed E-state index contributed by atoms with van der Waals surface area (Å²) in [5, 5.41) is 9.72. The molecule has 4 aromatic rings. The summed E-state index contributed by atoms with van der Waals surface area (Å²) < 4.78 is 48.4. The number of aromatic nitrogens is 1. The van der Waals surface area contributed by atoms with E-state index < -0.39 is 17.7 Å². The van der Waals surface area contributed by atoms with Crippen LogP contribution in [-0.4, -0.2) is 39.7 Å². The molecule has 0 aliphatic carbocycles. The van der Waals surface area contributed by atoms with Crippen molar-refractivity contribution < 1.29 is 27.8 Å². The minimum Gasteiger partial charge on any atom is -0.490 e. The van der Waals surface area contributed by atoms with Crippen LogP contribution in [0.15, 0.2) is 79.0 Å². The van der Waals surface area contributed by atoms with Crippen molar-refractivity contribution in [3.05, 3.63) is 101 Å². The van der Waals surface area contributed by atoms with Gasteiger partial charge in [-0.15, -0.1) is 0 Å². The fraction of sp³-hybridized carbons (Fsp3) is 0.323. The molecule has 1 N–H and O–H groups in total. The summed E-state index contributed by atoms with van der Waals surface area (Å²) >= 11 is 6.24. The molecule has 1 unspecified atom stereocenters. The smallest absolute Gasteiger partial charge is 0.417 e. The Hall–Kier alpha value is -3.49. The second-order valence-corrected chi connectivity index (χ2v) is 10.4. The highest BCUT2D eigenvalue weighted by atomic mass is 35.5. The molecule has 1 aromatic heterocycles. The van der Waals surface area contributed by atoms with Crippen LogP contribution < -0.4 is 4.74 Å². The highest BCUT2D eigenvalue weighted by Crippen LogP contribution is 2.37. The first-order valence-electron chi connectivity index (χ1n) is 13.1. The minimum absolute atomic E-state index is 0.143. The number of ether oxygens (including phenoxy) is 1. The van der Waals surface area contributed by atoms with Crippen molar-refractivity contribution in [2.75, 3.05) is 13.1 Å². The normalized spacial score (nSPS) is 13.5. The Bertz CT molecular complexity index is 1440. The van der Waals surface area contributed by atoms with Crippen molar-refractivity contribution in [1.82, 2.24) is 9.47 Å². The van der Waals surface area contributed by atoms with Crippen LogP contribution in [0.4, 0.5) is 13.2 Å². The predicted molar refractivity (Wildman–Crippen MR) is 151 cm³/mol. The quantitative estimate of drug-likeness (QED) is 0.188. The number of hydrogen-bond donors (Lipinski definition) is 1. The van der Waals surface area contributed by atoms with E-state index in [4.69, 9.17) is 16.3 Å². The molecule has 0 saturated carbocycles. The molecule has 0 aliphatic heterocycles. The van der Waals surface area contributed by atoms with E-state index in [9.17, 15) is 23.1 Å². The van der Waals surface area contributed by atoms with Gasteiger partial charge in [-0.05, 0) is 54.7 Å². The number of hydrogen-bond acceptors (Lipinski definition) is 3. The molecule has 0 saturated heterocycles. The second-order valence-electron chi connectivity index (χ2n) is 10.1. The monoisotopic (exact) mass is 572 g/mol. The Morgan fingerprint density at radius 1 is 1.02 bits per heavy atom. The van der Waals surface area contributed by atoms with Gasteiger partial charge in [0.15, 0.2) is 0 Å². The van der Waals surface area contributed by atoms with Gasteiger partial charge in [0.25, 0.3) is 0 Å². The highest BCUT2D eigenvalue weighted by Gasteiger charge is 2.34. The maximum Gasteiger partial charge on any atom is 0.417 e. The predicted octanol–water partition coefficient (Wildman–Crippen LogP) is 7.86. The summed E-state index contributed by atoms with van der Waals surface area (Å²) in [6, 6.07) is 21.4. The lowest BCUT2D eigenvalue weighted by Crippen LogP contribution is -2.31. The number of alkyl halides is 3. The van der Waals surface area contributed by atoms with E-state index >= 15 is 0 Å². The van der Waals surface area contributed by atoms with E-state index in [1.54, 1.807) is 16.8 Å². The molecule has 0 fully saturated rings. The molecule has 3 aromatic carbocycles. The highest BCUT2D eigenvalue weighted by molar-refractivity contribution is 6.32. The van der Waals surface area contributed by atoms with Crippen molar-refractivity contribution in [3.8, 4) is 5.75 Å². The number of benzene rings is 3. The third-order valence-electron chi connectivity index (χ3n) is 6.94. The van der Waals surface area contributed by atoms with Gasteiger partial charge in [-0.3, -0.25) is 9.69 Å². The van der Waals surface area contributed by atoms with Crippen LogP contribution in [0.3, 0.4) is 0 Å². The number of rotatable bonds is 12. The third-order valence-corrected chi connectivity index (χ3v) is 7.38. The number of halogens is 4. The van der Waals surface area contributed by atoms with Gasteiger partial charge in [-0.25, -0.2) is 0 Å². The first-order chi connectivity index (χ1) is 19.0. The summed E-state index contributed by atoms with van der Waals surface area (Å²) in [4.78, 5) is 13.3. The molecule has 0 bridgehead atoms. The third kappa shape index (κ3) is 7.37. The van der Waals surface area contributed by atoms with Crippen molar-refractivity contribution in [3.63, 3.8) is 0 Å². The van der Waals surface area contributed by atoms with Crippen LogP contribution in [-0.2, 0) is 24.1 Å². The summed E-state index contributed by atoms with van der Waals surface area (Å²) in [6.07, 6.45) is -2.39. The van der Waals surface area contributed by atoms with Crippen molar-refractivity contribution in [1.29, 1.82) is 0 Å². The van der Waals surface area contributed by atoms with Crippen LogP contribution >= 0.6 is 11.6 Å². The molecule has 0 spiro atoms. The fourth-order valence-electron chi connectivity index (χ4n) is 4.89. The maximum absolute atomic E-state index is 13.5. The van der Waals surface area contributed by atoms with Crippen LogP contribution in [0, 0.1) is 0 Å². The summed E-state index contributed by atoms with van der Waals surface area (Å²) in [5.41, 5.74) is 1.51. The van der Waals surface area contributed by atoms with E-state index in [-0.39, 0.29) is 30.1 Å². The molecule has 1 heterocycles. The Labute approximate surface area is 236 Å². The molecule has 0 aliphatic rings. The van der Waals surface area contributed by atoms with Crippen molar-refractivity contribution in [2.24, 2.45) is 0 Å². The standard InChI is InChI=1S/C31H32ClF3N2O3/c1-21(23-8-4-3-5-9-23)18-36(19-24-10-6-11-26(30(24)32)31(33,34)35)16-14-22(2)40-28-13-7-12-27-25(28)15-17-37(27)20-29(38)39/h3-13,15,17,21-22H,14,16,18-20H2,1-2H3,(H,38,39)/t21?,22-/m0/s1. The lowest BCUT2D eigenvalue weighted by molar-refractivity contribution is -0.138. The maximum atomic E-state index is 13.5. The van der Waals surface area contributed by atoms with Crippen LogP contribution in [0.2, 0.25) is 5.02 Å². The SMILES string of the molecule is CC(CN(CC[C@H](C)Oc1cccc2c1ccn2CC(=O)O)Cc1cccc(C(F)(F)F)c1Cl)c1ccccc1. The van der Waals surface area contributed by atoms with E-state index in [0.717, 1.165) is 22.5 Å². The molecular weight excluding hydrogens is 541 g/mol. The van der Waals surface area contributed by atoms with Gasteiger partial charge in [0.2, 0.25) is 0 Å². The molecule has 0 amide bonds. The van der Waals surface area contributed by atoms with E-state index in [1.807, 2.05) is 61.5 Å². The Balaban J connectivity index is 1.50. The van der Waals surface area contributed by atoms with Crippen molar-refractivity contribution in [2.45, 2.75) is 51.6 Å². The number of nitrogens with zero attached hydrogens (tertiary/aromatic N) is 2. The van der Waals surface area contributed by atoms with Crippen molar-refractivity contribution >= 4 is 28.5 Å². The molecular formula is C31H32ClF3N2O3. The number of aliphatic carboxylic acids is 1. The number of carbonyl (C=O) groups is 1. The van der Waals surface area contributed by atoms with E-state index in [1.165, 1.54) is 6.07 Å². The number of carboxylic acids is 1. The van der Waals surface area contributed by atoms with Crippen LogP contribution in [0.25, 0.3) is 10.9 Å². The van der Waals surface area contributed by atoms with Gasteiger partial charge in [-0.2, -0.15) is 13.2 Å². The lowest BCUT2D eigenvalue weighted by Gasteiger charge is -2.28. The van der Waals surface area contributed by atoms with Crippen LogP contribution in [0.1, 0.15) is 42.9 Å². The lowest BCUT2D eigenvalue weighted by atomic mass is 10.00. The minimum atomic E-state index is -4.53. The first kappa shape index (κ1) is 29.5. The first-order valence-corrected chi connectivity index (χ1v) is 13.5. The zero-order valence-corrected chi connectivity index (χ0v) is 23.1. The van der Waals surface area contributed by atoms with Crippen LogP contribution in [0.5, 0.6) is 5.75 Å². The number of fused-ring (bicyclic) bond motifs is 1.